The first-order valence-corrected chi connectivity index (χ1v) is 16.2. The van der Waals surface area contributed by atoms with Crippen LogP contribution in [0, 0.1) is 13.8 Å². The summed E-state index contributed by atoms with van der Waals surface area (Å²) in [6.07, 6.45) is 4.95. The molecule has 1 N–H and O–H groups in total. The number of hydrogen-bond donors (Lipinski definition) is 1. The van der Waals surface area contributed by atoms with Gasteiger partial charge in [-0.1, -0.05) is 18.6 Å². The van der Waals surface area contributed by atoms with Gasteiger partial charge in [0.15, 0.2) is 11.9 Å². The van der Waals surface area contributed by atoms with E-state index in [1.54, 1.807) is 30.1 Å². The number of aromatic nitrogens is 2. The quantitative estimate of drug-likeness (QED) is 0.181. The van der Waals surface area contributed by atoms with Crippen LogP contribution in [0.1, 0.15) is 89.1 Å². The Labute approximate surface area is 264 Å². The predicted molar refractivity (Wildman–Crippen MR) is 174 cm³/mol. The number of carbonyl (C=O) groups is 2. The van der Waals surface area contributed by atoms with E-state index in [2.05, 4.69) is 40.3 Å². The van der Waals surface area contributed by atoms with E-state index in [1.165, 1.54) is 17.4 Å². The first kappa shape index (κ1) is 31.1. The lowest BCUT2D eigenvalue weighted by Crippen LogP contribution is -2.19. The molecule has 1 saturated carbocycles. The maximum Gasteiger partial charge on any atom is 0.304 e. The molecule has 4 aromatic rings. The average molecular weight is 669 g/mol. The number of nitrogens with zero attached hydrogens (tertiary/aromatic N) is 2. The van der Waals surface area contributed by atoms with E-state index < -0.39 is 5.97 Å². The SMILES string of the molecule is CCc1nc(NC(=O)c2cc3cc(C)cc(C)c3n2COC(C)=O)sc1C1CCC(c2cc(Br)c(OC)cc2OC)CC1. The number of benzene rings is 2. The number of anilines is 1. The molecule has 2 aromatic heterocycles. The van der Waals surface area contributed by atoms with Crippen LogP contribution < -0.4 is 14.8 Å². The third kappa shape index (κ3) is 6.45. The Hall–Kier alpha value is -3.37. The van der Waals surface area contributed by atoms with Crippen LogP contribution in [0.4, 0.5) is 5.13 Å². The number of amides is 1. The fraction of sp³-hybridized carbons (Fsp3) is 0.424. The molecule has 2 heterocycles. The highest BCUT2D eigenvalue weighted by Crippen LogP contribution is 2.47. The fourth-order valence-corrected chi connectivity index (χ4v) is 8.06. The Balaban J connectivity index is 1.35. The van der Waals surface area contributed by atoms with Gasteiger partial charge < -0.3 is 18.8 Å². The van der Waals surface area contributed by atoms with Crippen molar-refractivity contribution in [2.45, 2.75) is 78.4 Å². The molecule has 0 spiro atoms. The highest BCUT2D eigenvalue weighted by atomic mass is 79.9. The number of nitrogens with one attached hydrogen (secondary N) is 1. The van der Waals surface area contributed by atoms with Gasteiger partial charge in [-0.3, -0.25) is 14.9 Å². The second-order valence-electron chi connectivity index (χ2n) is 11.2. The molecule has 10 heteroatoms. The van der Waals surface area contributed by atoms with E-state index in [4.69, 9.17) is 19.2 Å². The second-order valence-corrected chi connectivity index (χ2v) is 13.0. The molecule has 0 unspecified atom stereocenters. The zero-order chi connectivity index (χ0) is 30.8. The summed E-state index contributed by atoms with van der Waals surface area (Å²) >= 11 is 5.21. The minimum atomic E-state index is -0.400. The maximum absolute atomic E-state index is 13.6. The van der Waals surface area contributed by atoms with Crippen molar-refractivity contribution in [3.8, 4) is 11.5 Å². The maximum atomic E-state index is 13.6. The van der Waals surface area contributed by atoms with Crippen molar-refractivity contribution in [3.63, 3.8) is 0 Å². The molecule has 1 aliphatic rings. The summed E-state index contributed by atoms with van der Waals surface area (Å²) < 4.78 is 19.2. The minimum Gasteiger partial charge on any atom is -0.496 e. The molecule has 0 bridgehead atoms. The topological polar surface area (TPSA) is 91.7 Å². The fourth-order valence-electron chi connectivity index (χ4n) is 6.31. The number of fused-ring (bicyclic) bond motifs is 1. The smallest absolute Gasteiger partial charge is 0.304 e. The minimum absolute atomic E-state index is 0.0341. The van der Waals surface area contributed by atoms with Gasteiger partial charge >= 0.3 is 5.97 Å². The summed E-state index contributed by atoms with van der Waals surface area (Å²) in [5, 5.41) is 4.58. The summed E-state index contributed by atoms with van der Waals surface area (Å²) in [6, 6.07) is 10.0. The Morgan fingerprint density at radius 1 is 1.02 bits per heavy atom. The average Bonchev–Trinajstić information content (AvgIpc) is 3.57. The van der Waals surface area contributed by atoms with Crippen LogP contribution in [-0.2, 0) is 22.7 Å². The Morgan fingerprint density at radius 3 is 2.37 bits per heavy atom. The summed E-state index contributed by atoms with van der Waals surface area (Å²) in [6.45, 7) is 7.47. The number of carbonyl (C=O) groups excluding carboxylic acids is 2. The van der Waals surface area contributed by atoms with Crippen molar-refractivity contribution < 1.29 is 23.8 Å². The van der Waals surface area contributed by atoms with Gasteiger partial charge in [-0.2, -0.15) is 0 Å². The van der Waals surface area contributed by atoms with Crippen molar-refractivity contribution in [1.29, 1.82) is 0 Å². The molecule has 5 rings (SSSR count). The van der Waals surface area contributed by atoms with Crippen molar-refractivity contribution >= 4 is 55.2 Å². The van der Waals surface area contributed by atoms with Crippen LogP contribution >= 0.6 is 27.3 Å². The highest BCUT2D eigenvalue weighted by Gasteiger charge is 2.30. The number of methoxy groups -OCH3 is 2. The zero-order valence-electron chi connectivity index (χ0n) is 25.5. The molecule has 43 heavy (non-hydrogen) atoms. The molecule has 1 aliphatic carbocycles. The second kappa shape index (κ2) is 13.1. The first-order valence-electron chi connectivity index (χ1n) is 14.6. The van der Waals surface area contributed by atoms with E-state index in [0.717, 1.165) is 75.8 Å². The van der Waals surface area contributed by atoms with E-state index in [-0.39, 0.29) is 12.6 Å². The normalized spacial score (nSPS) is 16.7. The molecule has 0 radical (unpaired) electrons. The molecule has 0 atom stereocenters. The van der Waals surface area contributed by atoms with Crippen LogP contribution in [-0.4, -0.2) is 35.6 Å². The largest absolute Gasteiger partial charge is 0.496 e. The number of thiazole rings is 1. The number of hydrogen-bond acceptors (Lipinski definition) is 7. The Morgan fingerprint density at radius 2 is 1.72 bits per heavy atom. The molecule has 0 aliphatic heterocycles. The summed E-state index contributed by atoms with van der Waals surface area (Å²) in [5.74, 6) is 1.74. The standard InChI is InChI=1S/C33H38BrN3O5S/c1-7-26-31(22-10-8-21(9-11-22)24-15-25(34)29(41-6)16-28(24)40-5)43-33(35-26)36-32(39)27-14-23-13-18(2)12-19(3)30(23)37(27)17-42-20(4)38/h12-16,21-22H,7-11,17H2,1-6H3,(H,35,36,39). The molecular weight excluding hydrogens is 630 g/mol. The molecule has 228 valence electrons. The van der Waals surface area contributed by atoms with Gasteiger partial charge in [0.05, 0.1) is 29.9 Å². The van der Waals surface area contributed by atoms with Crippen molar-refractivity contribution in [3.05, 3.63) is 67.8 Å². The molecule has 2 aromatic carbocycles. The Kier molecular flexibility index (Phi) is 9.46. The molecule has 8 nitrogen and oxygen atoms in total. The molecule has 1 fully saturated rings. The number of rotatable bonds is 9. The predicted octanol–water partition coefficient (Wildman–Crippen LogP) is 8.27. The van der Waals surface area contributed by atoms with Gasteiger partial charge in [0.1, 0.15) is 17.2 Å². The Bertz CT molecular complexity index is 1670. The van der Waals surface area contributed by atoms with Crippen LogP contribution in [0.3, 0.4) is 0 Å². The van der Waals surface area contributed by atoms with Gasteiger partial charge in [0.25, 0.3) is 5.91 Å². The van der Waals surface area contributed by atoms with Gasteiger partial charge in [0, 0.05) is 23.3 Å². The summed E-state index contributed by atoms with van der Waals surface area (Å²) in [5.41, 5.74) is 5.67. The van der Waals surface area contributed by atoms with Crippen molar-refractivity contribution in [2.75, 3.05) is 19.5 Å². The van der Waals surface area contributed by atoms with Crippen LogP contribution in [0.25, 0.3) is 10.9 Å². The van der Waals surface area contributed by atoms with Crippen LogP contribution in [0.2, 0.25) is 0 Å². The number of esters is 1. The van der Waals surface area contributed by atoms with Crippen LogP contribution in [0.15, 0.2) is 34.8 Å². The lowest BCUT2D eigenvalue weighted by atomic mass is 9.77. The third-order valence-corrected chi connectivity index (χ3v) is 10.1. The molecule has 0 saturated heterocycles. The number of ether oxygens (including phenoxy) is 3. The molecule has 1 amide bonds. The lowest BCUT2D eigenvalue weighted by molar-refractivity contribution is -0.144. The summed E-state index contributed by atoms with van der Waals surface area (Å²) in [7, 11) is 3.36. The van der Waals surface area contributed by atoms with E-state index in [9.17, 15) is 9.59 Å². The van der Waals surface area contributed by atoms with Crippen molar-refractivity contribution in [1.82, 2.24) is 9.55 Å². The van der Waals surface area contributed by atoms with Crippen LogP contribution in [0.5, 0.6) is 11.5 Å². The first-order chi connectivity index (χ1) is 20.6. The van der Waals surface area contributed by atoms with Gasteiger partial charge in [-0.05, 0) is 103 Å². The van der Waals surface area contributed by atoms with Crippen molar-refractivity contribution in [2.24, 2.45) is 0 Å². The monoisotopic (exact) mass is 667 g/mol. The molecular formula is C33H38BrN3O5S. The van der Waals surface area contributed by atoms with E-state index in [1.807, 2.05) is 32.0 Å². The highest BCUT2D eigenvalue weighted by molar-refractivity contribution is 9.10. The van der Waals surface area contributed by atoms with Gasteiger partial charge in [0.2, 0.25) is 0 Å². The number of halogens is 1. The van der Waals surface area contributed by atoms with E-state index in [0.29, 0.717) is 22.7 Å². The van der Waals surface area contributed by atoms with Gasteiger partial charge in [-0.15, -0.1) is 11.3 Å². The summed E-state index contributed by atoms with van der Waals surface area (Å²) in [4.78, 5) is 31.4. The lowest BCUT2D eigenvalue weighted by Gasteiger charge is -2.29. The third-order valence-electron chi connectivity index (χ3n) is 8.28. The number of aryl methyl sites for hydroxylation is 3. The zero-order valence-corrected chi connectivity index (χ0v) is 27.9. The van der Waals surface area contributed by atoms with E-state index >= 15 is 0 Å². The van der Waals surface area contributed by atoms with Gasteiger partial charge in [-0.25, -0.2) is 4.98 Å².